The first-order valence-electron chi connectivity index (χ1n) is 8.44. The van der Waals surface area contributed by atoms with Crippen molar-refractivity contribution >= 4 is 37.0 Å². The van der Waals surface area contributed by atoms with Gasteiger partial charge in [-0.2, -0.15) is 0 Å². The summed E-state index contributed by atoms with van der Waals surface area (Å²) in [6, 6.07) is 4.37. The maximum Gasteiger partial charge on any atom is 0.342 e. The summed E-state index contributed by atoms with van der Waals surface area (Å²) in [5, 5.41) is -0.379. The van der Waals surface area contributed by atoms with Crippen LogP contribution < -0.4 is 5.63 Å². The van der Waals surface area contributed by atoms with Gasteiger partial charge < -0.3 is 4.42 Å². The normalized spacial score (nSPS) is 16.1. The molecule has 0 amide bonds. The number of benzene rings is 1. The number of hydrogen-bond acceptors (Lipinski definition) is 7. The van der Waals surface area contributed by atoms with E-state index in [1.165, 1.54) is 25.1 Å². The van der Waals surface area contributed by atoms with Crippen molar-refractivity contribution in [1.29, 1.82) is 0 Å². The Morgan fingerprint density at radius 3 is 2.83 bits per heavy atom. The van der Waals surface area contributed by atoms with Gasteiger partial charge in [0, 0.05) is 17.4 Å². The molecule has 0 radical (unpaired) electrons. The van der Waals surface area contributed by atoms with Gasteiger partial charge in [0.2, 0.25) is 0 Å². The van der Waals surface area contributed by atoms with Crippen molar-refractivity contribution in [2.45, 2.75) is 19.1 Å². The third-order valence-electron chi connectivity index (χ3n) is 4.04. The Morgan fingerprint density at radius 1 is 1.38 bits per heavy atom. The Hall–Kier alpha value is -2.92. The van der Waals surface area contributed by atoms with E-state index < -0.39 is 30.6 Å². The van der Waals surface area contributed by atoms with Crippen molar-refractivity contribution in [3.63, 3.8) is 0 Å². The van der Waals surface area contributed by atoms with Gasteiger partial charge in [0.25, 0.3) is 0 Å². The van der Waals surface area contributed by atoms with Crippen molar-refractivity contribution < 1.29 is 25.4 Å². The lowest BCUT2D eigenvalue weighted by atomic mass is 10.0. The molecule has 10 heteroatoms. The van der Waals surface area contributed by atoms with Gasteiger partial charge in [-0.1, -0.05) is 11.8 Å². The topological polar surface area (TPSA) is 112 Å². The van der Waals surface area contributed by atoms with Crippen LogP contribution in [0.25, 0.3) is 21.9 Å². The molecule has 0 spiro atoms. The van der Waals surface area contributed by atoms with Crippen molar-refractivity contribution in [2.24, 2.45) is 0 Å². The summed E-state index contributed by atoms with van der Waals surface area (Å²) < 4.78 is 58.0. The number of fused-ring (bicyclic) bond motifs is 2. The fourth-order valence-corrected chi connectivity index (χ4v) is 4.83. The number of sulfone groups is 1. The Bertz CT molecular complexity index is 1400. The van der Waals surface area contributed by atoms with Gasteiger partial charge in [-0.3, -0.25) is 4.18 Å². The number of nitrogens with zero attached hydrogens (tertiary/aromatic N) is 1. The highest BCUT2D eigenvalue weighted by Crippen LogP contribution is 2.24. The second-order valence-corrected chi connectivity index (χ2v) is 9.88. The van der Waals surface area contributed by atoms with E-state index in [9.17, 15) is 21.6 Å². The molecule has 150 valence electrons. The van der Waals surface area contributed by atoms with Crippen molar-refractivity contribution in [1.82, 2.24) is 0 Å². The average Bonchev–Trinajstić information content (AvgIpc) is 2.62. The molecule has 1 aromatic heterocycles. The molecule has 0 bridgehead atoms. The maximum absolute atomic E-state index is 12.3. The molecule has 1 aliphatic heterocycles. The first kappa shape index (κ1) is 20.8. The third-order valence-corrected chi connectivity index (χ3v) is 6.88. The van der Waals surface area contributed by atoms with Gasteiger partial charge >= 0.3 is 20.8 Å². The summed E-state index contributed by atoms with van der Waals surface area (Å²) in [6.45, 7) is 8.36. The summed E-state index contributed by atoms with van der Waals surface area (Å²) in [4.78, 5) is 15.2. The fraction of sp³-hybridized carbons (Fsp3) is 0.263. The Labute approximate surface area is 167 Å². The lowest BCUT2D eigenvalue weighted by Gasteiger charge is -2.10. The smallest absolute Gasteiger partial charge is 0.342 e. The molecule has 1 aliphatic rings. The molecular formula is C19H15NO7S2. The molecule has 0 saturated carbocycles. The summed E-state index contributed by atoms with van der Waals surface area (Å²) in [5.41, 5.74) is 0.0623. The zero-order valence-electron chi connectivity index (χ0n) is 15.3. The van der Waals surface area contributed by atoms with E-state index in [2.05, 4.69) is 20.9 Å². The van der Waals surface area contributed by atoms with Gasteiger partial charge in [-0.25, -0.2) is 26.5 Å². The van der Waals surface area contributed by atoms with E-state index in [-0.39, 0.29) is 35.7 Å². The van der Waals surface area contributed by atoms with Crippen molar-refractivity contribution in [3.05, 3.63) is 61.8 Å². The molecule has 8 nitrogen and oxygen atoms in total. The summed E-state index contributed by atoms with van der Waals surface area (Å²) in [6.07, 6.45) is 1.09. The predicted octanol–water partition coefficient (Wildman–Crippen LogP) is 2.05. The molecule has 0 saturated heterocycles. The standard InChI is InChI=1S/C19H15NO7S2/c1-3-26-29(24,25)18(20-2)11-15-8-14-9-16-12-28(22,23)7-5-4-6-13(16)10-17(14)27-19(15)21/h8-11H,3,5,7,12H2,1H3/b18-11-. The zero-order chi connectivity index (χ0) is 21.2. The predicted molar refractivity (Wildman–Crippen MR) is 107 cm³/mol. The van der Waals surface area contributed by atoms with Crippen LogP contribution in [0.3, 0.4) is 0 Å². The molecule has 2 heterocycles. The highest BCUT2D eigenvalue weighted by atomic mass is 32.2. The molecule has 3 rings (SSSR count). The molecule has 0 atom stereocenters. The van der Waals surface area contributed by atoms with Crippen molar-refractivity contribution in [3.8, 4) is 11.8 Å². The van der Waals surface area contributed by atoms with E-state index in [4.69, 9.17) is 11.0 Å². The molecule has 29 heavy (non-hydrogen) atoms. The first-order valence-corrected chi connectivity index (χ1v) is 11.7. The van der Waals surface area contributed by atoms with Crippen LogP contribution in [-0.4, -0.2) is 29.2 Å². The highest BCUT2D eigenvalue weighted by molar-refractivity contribution is 7.91. The molecule has 2 aromatic rings. The monoisotopic (exact) mass is 433 g/mol. The Balaban J connectivity index is 2.20. The molecule has 0 N–H and O–H groups in total. The van der Waals surface area contributed by atoms with Crippen LogP contribution in [0.4, 0.5) is 0 Å². The fourth-order valence-electron chi connectivity index (χ4n) is 2.75. The van der Waals surface area contributed by atoms with E-state index in [0.29, 0.717) is 16.5 Å². The molecular weight excluding hydrogens is 418 g/mol. The van der Waals surface area contributed by atoms with Crippen molar-refractivity contribution in [2.75, 3.05) is 12.4 Å². The molecule has 1 aromatic carbocycles. The van der Waals surface area contributed by atoms with Gasteiger partial charge in [0.1, 0.15) is 5.58 Å². The first-order chi connectivity index (χ1) is 13.6. The lowest BCUT2D eigenvalue weighted by Crippen LogP contribution is -2.12. The summed E-state index contributed by atoms with van der Waals surface area (Å²) in [7, 11) is -7.63. The van der Waals surface area contributed by atoms with E-state index in [0.717, 1.165) is 6.08 Å². The number of rotatable bonds is 4. The SMILES string of the molecule is [C-]#[N+]/C(=C/c1cc2cc3c(cc2oc1=O)C#CCCS(=O)(=O)C3)S(=O)(=O)OCC. The maximum atomic E-state index is 12.3. The van der Waals surface area contributed by atoms with Gasteiger partial charge in [0.05, 0.1) is 30.2 Å². The van der Waals surface area contributed by atoms with Crippen LogP contribution >= 0.6 is 0 Å². The largest absolute Gasteiger partial charge is 0.422 e. The molecule has 0 fully saturated rings. The average molecular weight is 433 g/mol. The van der Waals surface area contributed by atoms with Crippen LogP contribution in [0.1, 0.15) is 30.0 Å². The van der Waals surface area contributed by atoms with Gasteiger partial charge in [-0.05, 0) is 36.8 Å². The van der Waals surface area contributed by atoms with Crippen LogP contribution in [0.5, 0.6) is 0 Å². The highest BCUT2D eigenvalue weighted by Gasteiger charge is 2.21. The van der Waals surface area contributed by atoms with E-state index >= 15 is 0 Å². The quantitative estimate of drug-likeness (QED) is 0.314. The van der Waals surface area contributed by atoms with Crippen LogP contribution in [0.2, 0.25) is 0 Å². The Kier molecular flexibility index (Phi) is 5.62. The minimum Gasteiger partial charge on any atom is -0.422 e. The second-order valence-electron chi connectivity index (χ2n) is 6.14. The Morgan fingerprint density at radius 2 is 2.14 bits per heavy atom. The van der Waals surface area contributed by atoms with Gasteiger partial charge in [0.15, 0.2) is 9.84 Å². The second kappa shape index (κ2) is 7.84. The lowest BCUT2D eigenvalue weighted by molar-refractivity contribution is 0.343. The zero-order valence-corrected chi connectivity index (χ0v) is 16.9. The number of hydrogen-bond donors (Lipinski definition) is 0. The third kappa shape index (κ3) is 4.57. The van der Waals surface area contributed by atoms with Crippen LogP contribution in [-0.2, 0) is 29.9 Å². The summed E-state index contributed by atoms with van der Waals surface area (Å²) in [5.74, 6) is 5.41. The minimum absolute atomic E-state index is 0.0427. The van der Waals surface area contributed by atoms with Gasteiger partial charge in [-0.15, -0.1) is 0 Å². The summed E-state index contributed by atoms with van der Waals surface area (Å²) >= 11 is 0. The van der Waals surface area contributed by atoms with E-state index in [1.807, 2.05) is 0 Å². The van der Waals surface area contributed by atoms with Crippen LogP contribution in [0.15, 0.2) is 32.4 Å². The molecule has 0 unspecified atom stereocenters. The minimum atomic E-state index is -4.30. The molecule has 0 aliphatic carbocycles. The van der Waals surface area contributed by atoms with E-state index in [1.54, 1.807) is 0 Å². The van der Waals surface area contributed by atoms with Crippen LogP contribution in [0, 0.1) is 18.4 Å².